The number of nitrogens with one attached hydrogen (secondary N) is 1. The third-order valence-electron chi connectivity index (χ3n) is 7.31. The Bertz CT molecular complexity index is 843. The molecule has 1 saturated heterocycles. The van der Waals surface area contributed by atoms with Crippen molar-refractivity contribution in [3.05, 3.63) is 30.0 Å². The van der Waals surface area contributed by atoms with Crippen molar-refractivity contribution in [1.29, 1.82) is 0 Å². The summed E-state index contributed by atoms with van der Waals surface area (Å²) in [5, 5.41) is 0.974. The summed E-state index contributed by atoms with van der Waals surface area (Å²) in [6, 6.07) is 7.87. The lowest BCUT2D eigenvalue weighted by molar-refractivity contribution is 0.00784. The molecule has 2 atom stereocenters. The van der Waals surface area contributed by atoms with Gasteiger partial charge < -0.3 is 14.6 Å². The van der Waals surface area contributed by atoms with Gasteiger partial charge in [0, 0.05) is 17.4 Å². The number of carbonyl (C=O) groups excluding carboxylic acids is 1. The van der Waals surface area contributed by atoms with Crippen molar-refractivity contribution < 1.29 is 9.53 Å². The van der Waals surface area contributed by atoms with Crippen LogP contribution < -0.4 is 4.74 Å². The van der Waals surface area contributed by atoms with Crippen LogP contribution in [0.4, 0.5) is 0 Å². The fourth-order valence-corrected chi connectivity index (χ4v) is 6.43. The summed E-state index contributed by atoms with van der Waals surface area (Å²) in [4.78, 5) is 19.3. The van der Waals surface area contributed by atoms with Gasteiger partial charge in [-0.1, -0.05) is 40.2 Å². The van der Waals surface area contributed by atoms with Crippen LogP contribution in [0.3, 0.4) is 0 Å². The van der Waals surface area contributed by atoms with Crippen molar-refractivity contribution in [3.63, 3.8) is 0 Å². The Hall–Kier alpha value is -1.97. The minimum atomic E-state index is -0.0559. The topological polar surface area (TPSA) is 45.3 Å². The summed E-state index contributed by atoms with van der Waals surface area (Å²) in [5.74, 6) is 3.10. The van der Waals surface area contributed by atoms with Crippen LogP contribution in [0.1, 0.15) is 57.4 Å². The largest absolute Gasteiger partial charge is 0.496 e. The maximum Gasteiger partial charge on any atom is 0.270 e. The highest BCUT2D eigenvalue weighted by Gasteiger charge is 2.59. The van der Waals surface area contributed by atoms with Gasteiger partial charge in [-0.15, -0.1) is 0 Å². The second-order valence-corrected chi connectivity index (χ2v) is 9.01. The first-order valence-corrected chi connectivity index (χ1v) is 10.4. The van der Waals surface area contributed by atoms with E-state index < -0.39 is 0 Å². The molecule has 0 bridgehead atoms. The van der Waals surface area contributed by atoms with E-state index in [4.69, 9.17) is 4.74 Å². The Labute approximate surface area is 162 Å². The lowest BCUT2D eigenvalue weighted by Gasteiger charge is -2.49. The van der Waals surface area contributed by atoms with Gasteiger partial charge in [0.25, 0.3) is 5.91 Å². The Morgan fingerprint density at radius 2 is 1.96 bits per heavy atom. The highest BCUT2D eigenvalue weighted by Crippen LogP contribution is 2.55. The van der Waals surface area contributed by atoms with Gasteiger partial charge in [-0.05, 0) is 54.7 Å². The van der Waals surface area contributed by atoms with E-state index >= 15 is 0 Å². The van der Waals surface area contributed by atoms with E-state index in [1.807, 2.05) is 24.3 Å². The monoisotopic (exact) mass is 368 g/mol. The average molecular weight is 369 g/mol. The van der Waals surface area contributed by atoms with Crippen molar-refractivity contribution in [3.8, 4) is 5.75 Å². The first-order chi connectivity index (χ1) is 12.9. The molecule has 1 aromatic heterocycles. The molecule has 1 aromatic carbocycles. The highest BCUT2D eigenvalue weighted by atomic mass is 16.5. The van der Waals surface area contributed by atoms with Crippen LogP contribution in [0.2, 0.25) is 0 Å². The number of hydrogen-bond donors (Lipinski definition) is 1. The lowest BCUT2D eigenvalue weighted by atomic mass is 9.67. The molecule has 4 nitrogen and oxygen atoms in total. The highest BCUT2D eigenvalue weighted by molar-refractivity contribution is 6.00. The number of likely N-dealkylation sites (tertiary alicyclic amines) is 1. The van der Waals surface area contributed by atoms with Crippen LogP contribution in [0, 0.1) is 23.7 Å². The van der Waals surface area contributed by atoms with Gasteiger partial charge in [-0.2, -0.15) is 0 Å². The van der Waals surface area contributed by atoms with E-state index in [0.717, 1.165) is 23.2 Å². The molecule has 2 aromatic rings. The molecule has 146 valence electrons. The van der Waals surface area contributed by atoms with E-state index in [2.05, 4.69) is 37.6 Å². The minimum Gasteiger partial charge on any atom is -0.496 e. The van der Waals surface area contributed by atoms with Gasteiger partial charge in [0.2, 0.25) is 0 Å². The smallest absolute Gasteiger partial charge is 0.270 e. The zero-order chi connectivity index (χ0) is 19.3. The summed E-state index contributed by atoms with van der Waals surface area (Å²) in [6.45, 7) is 10.1. The molecule has 0 radical (unpaired) electrons. The maximum atomic E-state index is 13.7. The van der Waals surface area contributed by atoms with E-state index in [1.54, 1.807) is 7.11 Å². The zero-order valence-corrected chi connectivity index (χ0v) is 17.2. The first-order valence-electron chi connectivity index (χ1n) is 10.4. The molecule has 2 aliphatic rings. The quantitative estimate of drug-likeness (QED) is 0.816. The van der Waals surface area contributed by atoms with E-state index in [0.29, 0.717) is 29.4 Å². The number of nitrogens with zero attached hydrogens (tertiary/aromatic N) is 1. The van der Waals surface area contributed by atoms with Crippen molar-refractivity contribution in [2.24, 2.45) is 23.7 Å². The molecule has 1 aliphatic carbocycles. The van der Waals surface area contributed by atoms with Crippen molar-refractivity contribution in [2.75, 3.05) is 13.7 Å². The van der Waals surface area contributed by atoms with E-state index in [9.17, 15) is 4.79 Å². The van der Waals surface area contributed by atoms with Gasteiger partial charge >= 0.3 is 0 Å². The predicted octanol–water partition coefficient (Wildman–Crippen LogP) is 5.10. The van der Waals surface area contributed by atoms with E-state index in [-0.39, 0.29) is 11.4 Å². The van der Waals surface area contributed by atoms with Crippen molar-refractivity contribution in [2.45, 2.75) is 52.5 Å². The van der Waals surface area contributed by atoms with Crippen LogP contribution in [0.25, 0.3) is 10.9 Å². The molecule has 2 unspecified atom stereocenters. The number of H-pyrrole nitrogens is 1. The Morgan fingerprint density at radius 1 is 1.22 bits per heavy atom. The molecule has 1 saturated carbocycles. The molecular formula is C23H32N2O2. The number of aromatic nitrogens is 1. The summed E-state index contributed by atoms with van der Waals surface area (Å²) < 4.78 is 5.48. The standard InChI is InChI=1S/C23H32N2O2/c1-14(2)23(15(3)4)18-9-6-8-16(18)13-25(23)22(26)20-12-17-19(24-20)10-7-11-21(17)27-5/h7,10-12,14-16,18,24H,6,8-9,13H2,1-5H3. The molecule has 1 aliphatic heterocycles. The van der Waals surface area contributed by atoms with Gasteiger partial charge in [-0.25, -0.2) is 0 Å². The SMILES string of the molecule is COc1cccc2[nH]c(C(=O)N3CC4CCCC4C3(C(C)C)C(C)C)cc12. The fraction of sp³-hybridized carbons (Fsp3) is 0.609. The molecular weight excluding hydrogens is 336 g/mol. The molecule has 1 amide bonds. The van der Waals surface area contributed by atoms with Crippen molar-refractivity contribution >= 4 is 16.8 Å². The predicted molar refractivity (Wildman–Crippen MR) is 109 cm³/mol. The first kappa shape index (κ1) is 18.4. The van der Waals surface area contributed by atoms with Crippen LogP contribution >= 0.6 is 0 Å². The summed E-state index contributed by atoms with van der Waals surface area (Å²) >= 11 is 0. The zero-order valence-electron chi connectivity index (χ0n) is 17.2. The number of fused-ring (bicyclic) bond motifs is 2. The number of ether oxygens (including phenoxy) is 1. The Balaban J connectivity index is 1.78. The molecule has 1 N–H and O–H groups in total. The molecule has 0 spiro atoms. The van der Waals surface area contributed by atoms with Crippen LogP contribution in [0.5, 0.6) is 5.75 Å². The number of hydrogen-bond acceptors (Lipinski definition) is 2. The minimum absolute atomic E-state index is 0.0559. The lowest BCUT2D eigenvalue weighted by Crippen LogP contribution is -2.58. The average Bonchev–Trinajstić information content (AvgIpc) is 3.32. The maximum absolute atomic E-state index is 13.7. The number of aromatic amines is 1. The molecule has 2 heterocycles. The number of methoxy groups -OCH3 is 1. The van der Waals surface area contributed by atoms with Gasteiger partial charge in [0.15, 0.2) is 0 Å². The van der Waals surface area contributed by atoms with Gasteiger partial charge in [-0.3, -0.25) is 4.79 Å². The Kier molecular flexibility index (Phi) is 4.48. The molecule has 27 heavy (non-hydrogen) atoms. The Morgan fingerprint density at radius 3 is 2.63 bits per heavy atom. The number of rotatable bonds is 4. The van der Waals surface area contributed by atoms with Crippen LogP contribution in [0.15, 0.2) is 24.3 Å². The van der Waals surface area contributed by atoms with Crippen LogP contribution in [-0.4, -0.2) is 35.0 Å². The number of amides is 1. The number of carbonyl (C=O) groups is 1. The molecule has 4 heteroatoms. The number of benzene rings is 1. The molecule has 4 rings (SSSR count). The van der Waals surface area contributed by atoms with Crippen LogP contribution in [-0.2, 0) is 0 Å². The molecule has 2 fully saturated rings. The second kappa shape index (κ2) is 6.57. The third kappa shape index (κ3) is 2.52. The van der Waals surface area contributed by atoms with E-state index in [1.165, 1.54) is 19.3 Å². The summed E-state index contributed by atoms with van der Waals surface area (Å²) in [5.41, 5.74) is 1.58. The second-order valence-electron chi connectivity index (χ2n) is 9.01. The van der Waals surface area contributed by atoms with Gasteiger partial charge in [0.1, 0.15) is 11.4 Å². The third-order valence-corrected chi connectivity index (χ3v) is 7.31. The summed E-state index contributed by atoms with van der Waals surface area (Å²) in [7, 11) is 1.67. The van der Waals surface area contributed by atoms with Gasteiger partial charge in [0.05, 0.1) is 12.6 Å². The normalized spacial score (nSPS) is 24.2. The fourth-order valence-electron chi connectivity index (χ4n) is 6.43. The summed E-state index contributed by atoms with van der Waals surface area (Å²) in [6.07, 6.45) is 3.82. The van der Waals surface area contributed by atoms with Crippen molar-refractivity contribution in [1.82, 2.24) is 9.88 Å².